The SMILES string of the molecule is CC(C)CCCc1ccccc1C1=NCCN1. The van der Waals surface area contributed by atoms with Gasteiger partial charge in [-0.1, -0.05) is 44.5 Å². The Hall–Kier alpha value is -1.31. The van der Waals surface area contributed by atoms with Crippen molar-refractivity contribution in [3.8, 4) is 0 Å². The number of nitrogens with one attached hydrogen (secondary N) is 1. The minimum atomic E-state index is 0.795. The van der Waals surface area contributed by atoms with Crippen molar-refractivity contribution >= 4 is 5.84 Å². The van der Waals surface area contributed by atoms with Crippen LogP contribution in [0.2, 0.25) is 0 Å². The molecule has 0 atom stereocenters. The highest BCUT2D eigenvalue weighted by molar-refractivity contribution is 6.00. The average molecular weight is 230 g/mol. The molecule has 0 saturated heterocycles. The summed E-state index contributed by atoms with van der Waals surface area (Å²) in [5.74, 6) is 1.88. The van der Waals surface area contributed by atoms with Gasteiger partial charge in [0.15, 0.2) is 0 Å². The van der Waals surface area contributed by atoms with Gasteiger partial charge in [0.25, 0.3) is 0 Å². The second kappa shape index (κ2) is 5.85. The van der Waals surface area contributed by atoms with Gasteiger partial charge < -0.3 is 5.32 Å². The van der Waals surface area contributed by atoms with Crippen LogP contribution >= 0.6 is 0 Å². The molecule has 0 saturated carbocycles. The average Bonchev–Trinajstić information content (AvgIpc) is 2.82. The van der Waals surface area contributed by atoms with Crippen molar-refractivity contribution in [2.45, 2.75) is 33.1 Å². The maximum Gasteiger partial charge on any atom is 0.128 e. The van der Waals surface area contributed by atoms with Crippen LogP contribution in [0.25, 0.3) is 0 Å². The third-order valence-corrected chi connectivity index (χ3v) is 3.17. The summed E-state index contributed by atoms with van der Waals surface area (Å²) in [6, 6.07) is 8.65. The number of aliphatic imine (C=N–C) groups is 1. The van der Waals surface area contributed by atoms with E-state index in [1.54, 1.807) is 0 Å². The van der Waals surface area contributed by atoms with Gasteiger partial charge in [-0.3, -0.25) is 4.99 Å². The molecular formula is C15H22N2. The van der Waals surface area contributed by atoms with Gasteiger partial charge in [-0.15, -0.1) is 0 Å². The first-order valence-corrected chi connectivity index (χ1v) is 6.64. The first kappa shape index (κ1) is 12.2. The van der Waals surface area contributed by atoms with Gasteiger partial charge in [0.05, 0.1) is 6.54 Å². The van der Waals surface area contributed by atoms with Crippen molar-refractivity contribution < 1.29 is 0 Å². The Morgan fingerprint density at radius 3 is 2.82 bits per heavy atom. The largest absolute Gasteiger partial charge is 0.368 e. The van der Waals surface area contributed by atoms with Crippen LogP contribution in [-0.2, 0) is 6.42 Å². The predicted molar refractivity (Wildman–Crippen MR) is 73.6 cm³/mol. The fourth-order valence-electron chi connectivity index (χ4n) is 2.25. The van der Waals surface area contributed by atoms with Crippen molar-refractivity contribution in [2.24, 2.45) is 10.9 Å². The minimum absolute atomic E-state index is 0.795. The van der Waals surface area contributed by atoms with E-state index >= 15 is 0 Å². The molecule has 0 fully saturated rings. The number of benzene rings is 1. The summed E-state index contributed by atoms with van der Waals surface area (Å²) in [6.07, 6.45) is 3.73. The van der Waals surface area contributed by atoms with Crippen molar-refractivity contribution in [1.82, 2.24) is 5.32 Å². The van der Waals surface area contributed by atoms with Gasteiger partial charge in [-0.25, -0.2) is 0 Å². The molecule has 2 heteroatoms. The maximum absolute atomic E-state index is 4.52. The summed E-state index contributed by atoms with van der Waals surface area (Å²) in [6.45, 7) is 6.47. The van der Waals surface area contributed by atoms with Gasteiger partial charge in [-0.05, 0) is 24.3 Å². The van der Waals surface area contributed by atoms with Crippen LogP contribution in [0.4, 0.5) is 0 Å². The molecule has 0 aromatic heterocycles. The van der Waals surface area contributed by atoms with E-state index in [0.29, 0.717) is 0 Å². The van der Waals surface area contributed by atoms with E-state index in [1.165, 1.54) is 24.0 Å². The van der Waals surface area contributed by atoms with Gasteiger partial charge >= 0.3 is 0 Å². The van der Waals surface area contributed by atoms with E-state index in [4.69, 9.17) is 0 Å². The number of hydrogen-bond donors (Lipinski definition) is 1. The topological polar surface area (TPSA) is 24.4 Å². The number of amidine groups is 1. The van der Waals surface area contributed by atoms with Crippen LogP contribution in [0.5, 0.6) is 0 Å². The summed E-state index contributed by atoms with van der Waals surface area (Å²) in [4.78, 5) is 4.52. The Balaban J connectivity index is 2.05. The van der Waals surface area contributed by atoms with Crippen molar-refractivity contribution in [2.75, 3.05) is 13.1 Å². The number of rotatable bonds is 5. The van der Waals surface area contributed by atoms with E-state index < -0.39 is 0 Å². The molecule has 1 aliphatic heterocycles. The van der Waals surface area contributed by atoms with Crippen molar-refractivity contribution in [3.05, 3.63) is 35.4 Å². The number of hydrogen-bond acceptors (Lipinski definition) is 2. The standard InChI is InChI=1S/C15H22N2/c1-12(2)6-5-8-13-7-3-4-9-14(13)15-16-10-11-17-15/h3-4,7,9,12H,5-6,8,10-11H2,1-2H3,(H,16,17). The molecular weight excluding hydrogens is 208 g/mol. The molecule has 2 rings (SSSR count). The molecule has 0 aliphatic carbocycles. The van der Waals surface area contributed by atoms with E-state index in [2.05, 4.69) is 48.4 Å². The summed E-state index contributed by atoms with van der Waals surface area (Å²) in [5.41, 5.74) is 2.73. The summed E-state index contributed by atoms with van der Waals surface area (Å²) >= 11 is 0. The fraction of sp³-hybridized carbons (Fsp3) is 0.533. The van der Waals surface area contributed by atoms with Gasteiger partial charge in [0.2, 0.25) is 0 Å². The lowest BCUT2D eigenvalue weighted by Crippen LogP contribution is -2.20. The smallest absolute Gasteiger partial charge is 0.128 e. The highest BCUT2D eigenvalue weighted by atomic mass is 15.1. The Labute approximate surface area is 104 Å². The molecule has 2 nitrogen and oxygen atoms in total. The Morgan fingerprint density at radius 1 is 1.29 bits per heavy atom. The van der Waals surface area contributed by atoms with Crippen LogP contribution in [0.15, 0.2) is 29.3 Å². The summed E-state index contributed by atoms with van der Waals surface area (Å²) in [5, 5.41) is 3.36. The summed E-state index contributed by atoms with van der Waals surface area (Å²) in [7, 11) is 0. The highest BCUT2D eigenvalue weighted by Gasteiger charge is 2.11. The molecule has 1 aliphatic rings. The monoisotopic (exact) mass is 230 g/mol. The molecule has 17 heavy (non-hydrogen) atoms. The first-order valence-electron chi connectivity index (χ1n) is 6.64. The number of aryl methyl sites for hydroxylation is 1. The normalized spacial score (nSPS) is 14.9. The first-order chi connectivity index (χ1) is 8.27. The van der Waals surface area contributed by atoms with Crippen LogP contribution in [-0.4, -0.2) is 18.9 Å². The van der Waals surface area contributed by atoms with Gasteiger partial charge in [0, 0.05) is 12.1 Å². The van der Waals surface area contributed by atoms with Crippen LogP contribution < -0.4 is 5.32 Å². The molecule has 1 aromatic carbocycles. The van der Waals surface area contributed by atoms with Gasteiger partial charge in [-0.2, -0.15) is 0 Å². The zero-order chi connectivity index (χ0) is 12.1. The second-order valence-corrected chi connectivity index (χ2v) is 5.10. The zero-order valence-electron chi connectivity index (χ0n) is 10.9. The molecule has 1 aromatic rings. The lowest BCUT2D eigenvalue weighted by molar-refractivity contribution is 0.555. The van der Waals surface area contributed by atoms with E-state index in [-0.39, 0.29) is 0 Å². The number of nitrogens with zero attached hydrogens (tertiary/aromatic N) is 1. The summed E-state index contributed by atoms with van der Waals surface area (Å²) < 4.78 is 0. The Bertz CT molecular complexity index is 394. The predicted octanol–water partition coefficient (Wildman–Crippen LogP) is 3.02. The zero-order valence-corrected chi connectivity index (χ0v) is 10.9. The Kier molecular flexibility index (Phi) is 4.18. The lowest BCUT2D eigenvalue weighted by atomic mass is 9.98. The maximum atomic E-state index is 4.52. The fourth-order valence-corrected chi connectivity index (χ4v) is 2.25. The third-order valence-electron chi connectivity index (χ3n) is 3.17. The van der Waals surface area contributed by atoms with Crippen molar-refractivity contribution in [3.63, 3.8) is 0 Å². The molecule has 92 valence electrons. The molecule has 1 N–H and O–H groups in total. The second-order valence-electron chi connectivity index (χ2n) is 5.10. The van der Waals surface area contributed by atoms with Crippen LogP contribution in [0, 0.1) is 5.92 Å². The van der Waals surface area contributed by atoms with Crippen molar-refractivity contribution in [1.29, 1.82) is 0 Å². The lowest BCUT2D eigenvalue weighted by Gasteiger charge is -2.10. The third kappa shape index (κ3) is 3.32. The van der Waals surface area contributed by atoms with Crippen LogP contribution in [0.1, 0.15) is 37.8 Å². The quantitative estimate of drug-likeness (QED) is 0.826. The van der Waals surface area contributed by atoms with E-state index in [0.717, 1.165) is 31.3 Å². The minimum Gasteiger partial charge on any atom is -0.368 e. The molecule has 0 bridgehead atoms. The van der Waals surface area contributed by atoms with Gasteiger partial charge in [0.1, 0.15) is 5.84 Å². The molecule has 0 spiro atoms. The molecule has 1 heterocycles. The van der Waals surface area contributed by atoms with E-state index in [1.807, 2.05) is 0 Å². The molecule has 0 unspecified atom stereocenters. The Morgan fingerprint density at radius 2 is 2.12 bits per heavy atom. The highest BCUT2D eigenvalue weighted by Crippen LogP contribution is 2.15. The van der Waals surface area contributed by atoms with E-state index in [9.17, 15) is 0 Å². The molecule has 0 amide bonds. The molecule has 0 radical (unpaired) electrons. The van der Waals surface area contributed by atoms with Crippen LogP contribution in [0.3, 0.4) is 0 Å².